The quantitative estimate of drug-likeness (QED) is 0.447. The Hall–Kier alpha value is -2.20. The Morgan fingerprint density at radius 1 is 1.56 bits per heavy atom. The first-order valence-corrected chi connectivity index (χ1v) is 5.57. The van der Waals surface area contributed by atoms with E-state index in [9.17, 15) is 10.1 Å². The molecule has 0 spiro atoms. The van der Waals surface area contributed by atoms with Gasteiger partial charge < -0.3 is 10.6 Å². The lowest BCUT2D eigenvalue weighted by atomic mass is 10.2. The predicted octanol–water partition coefficient (Wildman–Crippen LogP) is 1.27. The molecule has 0 aliphatic carbocycles. The number of anilines is 1. The van der Waals surface area contributed by atoms with E-state index in [4.69, 9.17) is 5.26 Å². The smallest absolute Gasteiger partial charge is 0.328 e. The normalized spacial score (nSPS) is 10.1. The lowest BCUT2D eigenvalue weighted by molar-refractivity contribution is -0.384. The first-order valence-electron chi connectivity index (χ1n) is 5.57. The third-order valence-electron chi connectivity index (χ3n) is 2.20. The number of hydrogen-bond donors (Lipinski definition) is 2. The van der Waals surface area contributed by atoms with Crippen LogP contribution in [0.1, 0.15) is 19.4 Å². The summed E-state index contributed by atoms with van der Waals surface area (Å²) in [7, 11) is 0. The number of hydrogen-bond acceptors (Lipinski definition) is 6. The lowest BCUT2D eigenvalue weighted by Gasteiger charge is -2.09. The van der Waals surface area contributed by atoms with E-state index < -0.39 is 4.92 Å². The Balaban J connectivity index is 2.77. The molecule has 96 valence electrons. The van der Waals surface area contributed by atoms with Crippen molar-refractivity contribution in [2.24, 2.45) is 0 Å². The molecule has 1 rings (SSSR count). The molecular formula is C11H15N5O2. The summed E-state index contributed by atoms with van der Waals surface area (Å²) in [6.45, 7) is 5.18. The highest BCUT2D eigenvalue weighted by atomic mass is 16.6. The molecule has 7 heteroatoms. The molecule has 0 radical (unpaired) electrons. The van der Waals surface area contributed by atoms with E-state index in [0.717, 1.165) is 0 Å². The van der Waals surface area contributed by atoms with E-state index in [1.165, 1.54) is 12.3 Å². The van der Waals surface area contributed by atoms with E-state index in [0.29, 0.717) is 19.1 Å². The Kier molecular flexibility index (Phi) is 5.02. The molecule has 7 nitrogen and oxygen atoms in total. The monoisotopic (exact) mass is 249 g/mol. The Bertz CT molecular complexity index is 467. The maximum atomic E-state index is 10.9. The van der Waals surface area contributed by atoms with Gasteiger partial charge >= 0.3 is 5.69 Å². The fraction of sp³-hybridized carbons (Fsp3) is 0.455. The van der Waals surface area contributed by atoms with Gasteiger partial charge in [-0.15, -0.1) is 0 Å². The zero-order valence-corrected chi connectivity index (χ0v) is 10.3. The third-order valence-corrected chi connectivity index (χ3v) is 2.20. The molecule has 0 aliphatic rings. The molecular weight excluding hydrogens is 234 g/mol. The van der Waals surface area contributed by atoms with Crippen LogP contribution in [0.2, 0.25) is 0 Å². The minimum absolute atomic E-state index is 0.00863. The molecule has 0 fully saturated rings. The number of aromatic nitrogens is 1. The summed E-state index contributed by atoms with van der Waals surface area (Å²) in [5.41, 5.74) is -0.265. The van der Waals surface area contributed by atoms with Gasteiger partial charge in [-0.05, 0) is 6.07 Å². The van der Waals surface area contributed by atoms with Crippen molar-refractivity contribution in [2.75, 3.05) is 18.4 Å². The number of pyridine rings is 1. The minimum Gasteiger partial charge on any atom is -0.363 e. The number of rotatable bonds is 6. The average molecular weight is 249 g/mol. The highest BCUT2D eigenvalue weighted by Gasteiger charge is 2.20. The summed E-state index contributed by atoms with van der Waals surface area (Å²) < 4.78 is 0. The topological polar surface area (TPSA) is 104 Å². The number of nitro groups is 1. The van der Waals surface area contributed by atoms with E-state index >= 15 is 0 Å². The highest BCUT2D eigenvalue weighted by Crippen LogP contribution is 2.25. The first kappa shape index (κ1) is 13.9. The van der Waals surface area contributed by atoms with E-state index in [2.05, 4.69) is 15.6 Å². The van der Waals surface area contributed by atoms with Gasteiger partial charge in [0.2, 0.25) is 5.82 Å². The van der Waals surface area contributed by atoms with Gasteiger partial charge in [-0.25, -0.2) is 4.98 Å². The Morgan fingerprint density at radius 2 is 2.28 bits per heavy atom. The summed E-state index contributed by atoms with van der Waals surface area (Å²) in [5.74, 6) is 0.129. The number of nitrogens with one attached hydrogen (secondary N) is 2. The van der Waals surface area contributed by atoms with Crippen LogP contribution in [0.3, 0.4) is 0 Å². The molecule has 1 aromatic heterocycles. The Morgan fingerprint density at radius 3 is 2.83 bits per heavy atom. The fourth-order valence-electron chi connectivity index (χ4n) is 1.40. The molecule has 1 heterocycles. The van der Waals surface area contributed by atoms with Crippen LogP contribution in [-0.4, -0.2) is 29.0 Å². The third kappa shape index (κ3) is 3.68. The molecule has 0 aliphatic heterocycles. The van der Waals surface area contributed by atoms with Gasteiger partial charge in [0.05, 0.1) is 4.92 Å². The van der Waals surface area contributed by atoms with Crippen LogP contribution >= 0.6 is 0 Å². The maximum Gasteiger partial charge on any atom is 0.328 e. The van der Waals surface area contributed by atoms with Crippen LogP contribution in [0.25, 0.3) is 0 Å². The second-order valence-electron chi connectivity index (χ2n) is 3.96. The summed E-state index contributed by atoms with van der Waals surface area (Å²) in [6, 6.07) is 3.47. The van der Waals surface area contributed by atoms with Crippen LogP contribution in [-0.2, 0) is 0 Å². The van der Waals surface area contributed by atoms with Crippen molar-refractivity contribution in [2.45, 2.75) is 19.9 Å². The van der Waals surface area contributed by atoms with Crippen molar-refractivity contribution in [3.05, 3.63) is 27.9 Å². The number of nitriles is 1. The summed E-state index contributed by atoms with van der Waals surface area (Å²) in [6.07, 6.45) is 1.38. The summed E-state index contributed by atoms with van der Waals surface area (Å²) in [5, 5.41) is 25.7. The second kappa shape index (κ2) is 6.51. The van der Waals surface area contributed by atoms with Gasteiger partial charge in [0, 0.05) is 25.3 Å². The Labute approximate surface area is 105 Å². The van der Waals surface area contributed by atoms with Crippen molar-refractivity contribution in [1.82, 2.24) is 10.3 Å². The standard InChI is InChI=1S/C11H15N5O2/c1-8(2)13-5-6-15-11-10(16(17)18)9(7-12)3-4-14-11/h3-4,8,13H,5-6H2,1-2H3,(H,14,15). The molecule has 2 N–H and O–H groups in total. The van der Waals surface area contributed by atoms with Gasteiger partial charge in [-0.2, -0.15) is 5.26 Å². The van der Waals surface area contributed by atoms with Crippen LogP contribution in [0.15, 0.2) is 12.3 Å². The average Bonchev–Trinajstić information content (AvgIpc) is 2.33. The highest BCUT2D eigenvalue weighted by molar-refractivity contribution is 5.63. The maximum absolute atomic E-state index is 10.9. The van der Waals surface area contributed by atoms with Crippen LogP contribution in [0.5, 0.6) is 0 Å². The molecule has 0 aromatic carbocycles. The lowest BCUT2D eigenvalue weighted by Crippen LogP contribution is -2.28. The minimum atomic E-state index is -0.593. The zero-order valence-electron chi connectivity index (χ0n) is 10.3. The number of nitrogens with zero attached hydrogens (tertiary/aromatic N) is 3. The van der Waals surface area contributed by atoms with Crippen molar-refractivity contribution in [3.8, 4) is 6.07 Å². The SMILES string of the molecule is CC(C)NCCNc1nccc(C#N)c1[N+](=O)[O-]. The van der Waals surface area contributed by atoms with Crippen molar-refractivity contribution in [1.29, 1.82) is 5.26 Å². The fourth-order valence-corrected chi connectivity index (χ4v) is 1.40. The van der Waals surface area contributed by atoms with Gasteiger partial charge in [-0.1, -0.05) is 13.8 Å². The van der Waals surface area contributed by atoms with Gasteiger partial charge in [-0.3, -0.25) is 10.1 Å². The van der Waals surface area contributed by atoms with Gasteiger partial charge in [0.25, 0.3) is 0 Å². The largest absolute Gasteiger partial charge is 0.363 e. The summed E-state index contributed by atoms with van der Waals surface area (Å²) >= 11 is 0. The van der Waals surface area contributed by atoms with Crippen molar-refractivity contribution >= 4 is 11.5 Å². The molecule has 18 heavy (non-hydrogen) atoms. The van der Waals surface area contributed by atoms with Crippen LogP contribution < -0.4 is 10.6 Å². The van der Waals surface area contributed by atoms with Crippen molar-refractivity contribution < 1.29 is 4.92 Å². The molecule has 0 bridgehead atoms. The van der Waals surface area contributed by atoms with E-state index in [1.807, 2.05) is 13.8 Å². The second-order valence-corrected chi connectivity index (χ2v) is 3.96. The molecule has 0 saturated heterocycles. The van der Waals surface area contributed by atoms with Crippen molar-refractivity contribution in [3.63, 3.8) is 0 Å². The van der Waals surface area contributed by atoms with Crippen LogP contribution in [0.4, 0.5) is 11.5 Å². The molecule has 0 atom stereocenters. The van der Waals surface area contributed by atoms with Crippen LogP contribution in [0, 0.1) is 21.4 Å². The predicted molar refractivity (Wildman–Crippen MR) is 67.2 cm³/mol. The van der Waals surface area contributed by atoms with E-state index in [1.54, 1.807) is 6.07 Å². The summed E-state index contributed by atoms with van der Waals surface area (Å²) in [4.78, 5) is 14.2. The molecule has 0 unspecified atom stereocenters. The molecule has 1 aromatic rings. The zero-order chi connectivity index (χ0) is 13.5. The van der Waals surface area contributed by atoms with Gasteiger partial charge in [0.15, 0.2) is 0 Å². The molecule has 0 saturated carbocycles. The van der Waals surface area contributed by atoms with E-state index in [-0.39, 0.29) is 17.1 Å². The first-order chi connectivity index (χ1) is 8.56. The molecule has 0 amide bonds. The van der Waals surface area contributed by atoms with Gasteiger partial charge in [0.1, 0.15) is 11.6 Å².